The number of amides is 2. The average molecular weight is 309 g/mol. The highest BCUT2D eigenvalue weighted by molar-refractivity contribution is 5.74. The lowest BCUT2D eigenvalue weighted by atomic mass is 9.93. The zero-order valence-electron chi connectivity index (χ0n) is 13.8. The zero-order valence-corrected chi connectivity index (χ0v) is 13.8. The summed E-state index contributed by atoms with van der Waals surface area (Å²) in [6, 6.07) is 1.01. The summed E-state index contributed by atoms with van der Waals surface area (Å²) in [7, 11) is 0. The third kappa shape index (κ3) is 3.57. The highest BCUT2D eigenvalue weighted by atomic mass is 16.3. The van der Waals surface area contributed by atoms with Crippen LogP contribution in [0.1, 0.15) is 45.4 Å². The van der Waals surface area contributed by atoms with Crippen molar-refractivity contribution in [3.63, 3.8) is 0 Å². The summed E-state index contributed by atoms with van der Waals surface area (Å²) in [5.74, 6) is 1.92. The topological polar surface area (TPSA) is 55.8 Å². The molecule has 126 valence electrons. The Morgan fingerprint density at radius 3 is 2.59 bits per heavy atom. The fourth-order valence-electron chi connectivity index (χ4n) is 4.69. The summed E-state index contributed by atoms with van der Waals surface area (Å²) in [6.07, 6.45) is 7.32. The van der Waals surface area contributed by atoms with Crippen molar-refractivity contribution < 1.29 is 9.90 Å². The normalized spacial score (nSPS) is 33.2. The second-order valence-corrected chi connectivity index (χ2v) is 7.48. The first-order valence-electron chi connectivity index (χ1n) is 9.07. The van der Waals surface area contributed by atoms with Gasteiger partial charge in [-0.25, -0.2) is 4.79 Å². The summed E-state index contributed by atoms with van der Waals surface area (Å²) in [4.78, 5) is 16.9. The van der Waals surface area contributed by atoms with Gasteiger partial charge in [0, 0.05) is 44.9 Å². The maximum Gasteiger partial charge on any atom is 0.317 e. The summed E-state index contributed by atoms with van der Waals surface area (Å²) in [5.41, 5.74) is 0. The quantitative estimate of drug-likeness (QED) is 0.812. The van der Waals surface area contributed by atoms with Gasteiger partial charge in [0.2, 0.25) is 0 Å². The minimum absolute atomic E-state index is 0.0676. The summed E-state index contributed by atoms with van der Waals surface area (Å²) in [6.45, 7) is 5.99. The third-order valence-electron chi connectivity index (χ3n) is 5.94. The molecule has 3 rings (SSSR count). The largest absolute Gasteiger partial charge is 0.396 e. The van der Waals surface area contributed by atoms with E-state index >= 15 is 0 Å². The maximum atomic E-state index is 12.3. The second-order valence-electron chi connectivity index (χ2n) is 7.48. The van der Waals surface area contributed by atoms with Crippen LogP contribution in [0.25, 0.3) is 0 Å². The lowest BCUT2D eigenvalue weighted by molar-refractivity contribution is 0.0819. The van der Waals surface area contributed by atoms with Crippen molar-refractivity contribution in [3.8, 4) is 0 Å². The Labute approximate surface area is 134 Å². The van der Waals surface area contributed by atoms with Crippen molar-refractivity contribution in [3.05, 3.63) is 0 Å². The molecule has 5 heteroatoms. The molecule has 0 radical (unpaired) electrons. The van der Waals surface area contributed by atoms with E-state index in [0.29, 0.717) is 0 Å². The van der Waals surface area contributed by atoms with Crippen LogP contribution < -0.4 is 5.32 Å². The molecule has 2 N–H and O–H groups in total. The van der Waals surface area contributed by atoms with Crippen LogP contribution in [-0.2, 0) is 0 Å². The average Bonchev–Trinajstić information content (AvgIpc) is 3.16. The SMILES string of the molecule is CC(CCCO)NC(=O)N1CCN(C2CC3CCC2C3)CC1. The molecule has 0 aromatic carbocycles. The number of hydrogen-bond donors (Lipinski definition) is 2. The van der Waals surface area contributed by atoms with E-state index in [2.05, 4.69) is 10.2 Å². The van der Waals surface area contributed by atoms with E-state index in [1.807, 2.05) is 11.8 Å². The minimum Gasteiger partial charge on any atom is -0.396 e. The van der Waals surface area contributed by atoms with Gasteiger partial charge in [0.25, 0.3) is 0 Å². The van der Waals surface area contributed by atoms with Crippen molar-refractivity contribution in [1.29, 1.82) is 0 Å². The van der Waals surface area contributed by atoms with Crippen LogP contribution >= 0.6 is 0 Å². The maximum absolute atomic E-state index is 12.3. The smallest absolute Gasteiger partial charge is 0.317 e. The first-order chi connectivity index (χ1) is 10.7. The Kier molecular flexibility index (Phi) is 5.24. The molecule has 0 aromatic rings. The minimum atomic E-state index is 0.0676. The lowest BCUT2D eigenvalue weighted by Crippen LogP contribution is -2.55. The van der Waals surface area contributed by atoms with Gasteiger partial charge in [-0.3, -0.25) is 4.90 Å². The number of urea groups is 1. The van der Waals surface area contributed by atoms with Gasteiger partial charge in [-0.15, -0.1) is 0 Å². The first-order valence-corrected chi connectivity index (χ1v) is 9.07. The number of carbonyl (C=O) groups is 1. The monoisotopic (exact) mass is 309 g/mol. The van der Waals surface area contributed by atoms with Gasteiger partial charge < -0.3 is 15.3 Å². The number of aliphatic hydroxyl groups is 1. The molecule has 5 nitrogen and oxygen atoms in total. The molecule has 2 bridgehead atoms. The lowest BCUT2D eigenvalue weighted by Gasteiger charge is -2.41. The second kappa shape index (κ2) is 7.18. The summed E-state index contributed by atoms with van der Waals surface area (Å²) >= 11 is 0. The fourth-order valence-corrected chi connectivity index (χ4v) is 4.69. The van der Waals surface area contributed by atoms with E-state index in [-0.39, 0.29) is 18.7 Å². The predicted molar refractivity (Wildman–Crippen MR) is 86.7 cm³/mol. The molecule has 2 saturated carbocycles. The number of carbonyl (C=O) groups excluding carboxylic acids is 1. The van der Waals surface area contributed by atoms with Gasteiger partial charge >= 0.3 is 6.03 Å². The Morgan fingerprint density at radius 2 is 2.00 bits per heavy atom. The number of nitrogens with one attached hydrogen (secondary N) is 1. The van der Waals surface area contributed by atoms with Crippen molar-refractivity contribution in [1.82, 2.24) is 15.1 Å². The van der Waals surface area contributed by atoms with Gasteiger partial charge in [-0.1, -0.05) is 6.42 Å². The van der Waals surface area contributed by atoms with Crippen molar-refractivity contribution >= 4 is 6.03 Å². The molecular weight excluding hydrogens is 278 g/mol. The molecule has 0 aromatic heterocycles. The van der Waals surface area contributed by atoms with Gasteiger partial charge in [0.05, 0.1) is 0 Å². The molecular formula is C17H31N3O2. The molecule has 4 unspecified atom stereocenters. The molecule has 3 fully saturated rings. The van der Waals surface area contributed by atoms with Crippen LogP contribution in [0.4, 0.5) is 4.79 Å². The summed E-state index contributed by atoms with van der Waals surface area (Å²) in [5, 5.41) is 11.9. The molecule has 3 aliphatic rings. The van der Waals surface area contributed by atoms with Gasteiger partial charge in [-0.2, -0.15) is 0 Å². The molecule has 22 heavy (non-hydrogen) atoms. The van der Waals surface area contributed by atoms with Crippen LogP contribution in [0.15, 0.2) is 0 Å². The molecule has 1 aliphatic heterocycles. The van der Waals surface area contributed by atoms with Crippen molar-refractivity contribution in [2.45, 2.75) is 57.5 Å². The van der Waals surface area contributed by atoms with Crippen molar-refractivity contribution in [2.24, 2.45) is 11.8 Å². The number of nitrogens with zero attached hydrogens (tertiary/aromatic N) is 2. The highest BCUT2D eigenvalue weighted by Crippen LogP contribution is 2.46. The van der Waals surface area contributed by atoms with E-state index in [1.54, 1.807) is 0 Å². The Hall–Kier alpha value is -0.810. The van der Waals surface area contributed by atoms with Crippen LogP contribution in [0.5, 0.6) is 0 Å². The zero-order chi connectivity index (χ0) is 15.5. The predicted octanol–water partition coefficient (Wildman–Crippen LogP) is 1.66. The van der Waals surface area contributed by atoms with E-state index in [1.165, 1.54) is 25.7 Å². The number of hydrogen-bond acceptors (Lipinski definition) is 3. The molecule has 1 saturated heterocycles. The van der Waals surface area contributed by atoms with E-state index in [0.717, 1.165) is 56.9 Å². The van der Waals surface area contributed by atoms with E-state index in [4.69, 9.17) is 5.11 Å². The molecule has 4 atom stereocenters. The number of rotatable bonds is 5. The Morgan fingerprint density at radius 1 is 1.23 bits per heavy atom. The highest BCUT2D eigenvalue weighted by Gasteiger charge is 2.42. The van der Waals surface area contributed by atoms with Crippen LogP contribution in [0.3, 0.4) is 0 Å². The Balaban J connectivity index is 1.40. The van der Waals surface area contributed by atoms with Crippen molar-refractivity contribution in [2.75, 3.05) is 32.8 Å². The molecule has 1 heterocycles. The van der Waals surface area contributed by atoms with Crippen LogP contribution in [-0.4, -0.2) is 65.8 Å². The van der Waals surface area contributed by atoms with Gasteiger partial charge in [0.1, 0.15) is 0 Å². The van der Waals surface area contributed by atoms with Crippen LogP contribution in [0.2, 0.25) is 0 Å². The number of piperazine rings is 1. The van der Waals surface area contributed by atoms with Gasteiger partial charge in [-0.05, 0) is 50.9 Å². The number of fused-ring (bicyclic) bond motifs is 2. The third-order valence-corrected chi connectivity index (χ3v) is 5.94. The van der Waals surface area contributed by atoms with Crippen LogP contribution in [0, 0.1) is 11.8 Å². The Bertz CT molecular complexity index is 382. The number of aliphatic hydroxyl groups excluding tert-OH is 1. The van der Waals surface area contributed by atoms with Gasteiger partial charge in [0.15, 0.2) is 0 Å². The first kappa shape index (κ1) is 16.1. The molecule has 2 amide bonds. The molecule has 0 spiro atoms. The standard InChI is InChI=1S/C17H31N3O2/c1-13(3-2-10-21)18-17(22)20-8-6-19(7-9-20)16-12-14-4-5-15(16)11-14/h13-16,21H,2-12H2,1H3,(H,18,22). The summed E-state index contributed by atoms with van der Waals surface area (Å²) < 4.78 is 0. The van der Waals surface area contributed by atoms with E-state index < -0.39 is 0 Å². The molecule has 2 aliphatic carbocycles. The van der Waals surface area contributed by atoms with E-state index in [9.17, 15) is 4.79 Å². The fraction of sp³-hybridized carbons (Fsp3) is 0.941.